The van der Waals surface area contributed by atoms with Crippen molar-refractivity contribution in [2.75, 3.05) is 10.6 Å². The predicted molar refractivity (Wildman–Crippen MR) is 119 cm³/mol. The third kappa shape index (κ3) is 4.80. The smallest absolute Gasteiger partial charge is 0.255 e. The molecule has 3 N–H and O–H groups in total. The van der Waals surface area contributed by atoms with Gasteiger partial charge in [-0.25, -0.2) is 0 Å². The number of anilines is 2. The van der Waals surface area contributed by atoms with Crippen LogP contribution in [0, 0.1) is 12.8 Å². The van der Waals surface area contributed by atoms with Crippen LogP contribution in [0.25, 0.3) is 0 Å². The number of hydrogen-bond donors (Lipinski definition) is 3. The number of amides is 2. The molecule has 2 aliphatic rings. The van der Waals surface area contributed by atoms with Gasteiger partial charge in [-0.05, 0) is 61.9 Å². The van der Waals surface area contributed by atoms with Crippen LogP contribution in [0.4, 0.5) is 11.4 Å². The van der Waals surface area contributed by atoms with E-state index in [-0.39, 0.29) is 30.3 Å². The van der Waals surface area contributed by atoms with E-state index in [1.165, 1.54) is 25.7 Å². The van der Waals surface area contributed by atoms with Gasteiger partial charge in [-0.3, -0.25) is 9.59 Å². The summed E-state index contributed by atoms with van der Waals surface area (Å²) in [6, 6.07) is 15.1. The Morgan fingerprint density at radius 1 is 0.931 bits per heavy atom. The minimum atomic E-state index is -0.159. The summed E-state index contributed by atoms with van der Waals surface area (Å²) in [6.45, 7) is 1.91. The minimum Gasteiger partial charge on any atom is -0.324 e. The molecule has 6 heteroatoms. The molecule has 2 amide bonds. The van der Waals surface area contributed by atoms with Crippen molar-refractivity contribution in [3.8, 4) is 0 Å². The molecule has 3 atom stereocenters. The summed E-state index contributed by atoms with van der Waals surface area (Å²) in [5.74, 6) is 0.486. The Labute approximate surface area is 178 Å². The Morgan fingerprint density at radius 3 is 2.34 bits per heavy atom. The second-order valence-electron chi connectivity index (χ2n) is 7.89. The van der Waals surface area contributed by atoms with Crippen LogP contribution in [0.1, 0.15) is 48.0 Å². The van der Waals surface area contributed by atoms with Crippen molar-refractivity contribution in [3.63, 3.8) is 0 Å². The summed E-state index contributed by atoms with van der Waals surface area (Å²) >= 11 is 0. The van der Waals surface area contributed by atoms with E-state index >= 15 is 0 Å². The number of rotatable bonds is 4. The Morgan fingerprint density at radius 2 is 1.62 bits per heavy atom. The fourth-order valence-electron chi connectivity index (χ4n) is 4.43. The second kappa shape index (κ2) is 9.42. The second-order valence-corrected chi connectivity index (χ2v) is 7.89. The fourth-order valence-corrected chi connectivity index (χ4v) is 4.43. The highest BCUT2D eigenvalue weighted by atomic mass is 35.5. The molecule has 3 unspecified atom stereocenters. The molecule has 0 spiro atoms. The molecule has 4 rings (SSSR count). The van der Waals surface area contributed by atoms with E-state index in [9.17, 15) is 9.59 Å². The molecule has 0 bridgehead atoms. The lowest BCUT2D eigenvalue weighted by atomic mass is 9.85. The van der Waals surface area contributed by atoms with E-state index in [2.05, 4.69) is 16.0 Å². The maximum atomic E-state index is 12.8. The van der Waals surface area contributed by atoms with Crippen molar-refractivity contribution >= 4 is 35.6 Å². The van der Waals surface area contributed by atoms with Gasteiger partial charge in [0, 0.05) is 23.0 Å². The number of hydrogen-bond acceptors (Lipinski definition) is 3. The highest BCUT2D eigenvalue weighted by Gasteiger charge is 2.38. The predicted octanol–water partition coefficient (Wildman–Crippen LogP) is 4.53. The van der Waals surface area contributed by atoms with Crippen LogP contribution in [-0.2, 0) is 4.79 Å². The topological polar surface area (TPSA) is 70.2 Å². The number of fused-ring (bicyclic) bond motifs is 1. The van der Waals surface area contributed by atoms with E-state index in [4.69, 9.17) is 0 Å². The molecule has 0 radical (unpaired) electrons. The number of carbonyl (C=O) groups is 2. The van der Waals surface area contributed by atoms with E-state index in [0.717, 1.165) is 17.7 Å². The van der Waals surface area contributed by atoms with Gasteiger partial charge in [-0.2, -0.15) is 0 Å². The van der Waals surface area contributed by atoms with Gasteiger partial charge in [-0.15, -0.1) is 12.4 Å². The average molecular weight is 414 g/mol. The number of carbonyl (C=O) groups excluding carboxylic acids is 2. The molecule has 1 aliphatic carbocycles. The van der Waals surface area contributed by atoms with Crippen molar-refractivity contribution in [3.05, 3.63) is 59.7 Å². The van der Waals surface area contributed by atoms with Crippen molar-refractivity contribution in [1.29, 1.82) is 0 Å². The zero-order valence-electron chi connectivity index (χ0n) is 16.6. The molecule has 1 saturated heterocycles. The molecule has 154 valence electrons. The summed E-state index contributed by atoms with van der Waals surface area (Å²) in [5.41, 5.74) is 2.91. The van der Waals surface area contributed by atoms with Crippen LogP contribution in [0.5, 0.6) is 0 Å². The maximum absolute atomic E-state index is 12.8. The molecule has 0 aromatic heterocycles. The molecular formula is C23H28ClN3O2. The van der Waals surface area contributed by atoms with Gasteiger partial charge in [0.25, 0.3) is 5.91 Å². The number of halogens is 1. The SMILES string of the molecule is Cc1c(NC(=O)c2ccccc2)cccc1NC(=O)C1CC2CCCCC2N1.Cl. The Bertz CT molecular complexity index is 858. The zero-order valence-corrected chi connectivity index (χ0v) is 17.4. The van der Waals surface area contributed by atoms with Crippen molar-refractivity contribution in [2.45, 2.75) is 51.1 Å². The largest absolute Gasteiger partial charge is 0.324 e. The Kier molecular flexibility index (Phi) is 6.93. The van der Waals surface area contributed by atoms with Crippen LogP contribution < -0.4 is 16.0 Å². The summed E-state index contributed by atoms with van der Waals surface area (Å²) in [7, 11) is 0. The quantitative estimate of drug-likeness (QED) is 0.689. The summed E-state index contributed by atoms with van der Waals surface area (Å²) in [6.07, 6.45) is 5.85. The lowest BCUT2D eigenvalue weighted by molar-refractivity contribution is -0.117. The fraction of sp³-hybridized carbons (Fsp3) is 0.391. The van der Waals surface area contributed by atoms with Gasteiger partial charge < -0.3 is 16.0 Å². The van der Waals surface area contributed by atoms with E-state index < -0.39 is 0 Å². The Hall–Kier alpha value is -2.37. The maximum Gasteiger partial charge on any atom is 0.255 e. The first-order valence-electron chi connectivity index (χ1n) is 10.1. The molecule has 1 saturated carbocycles. The first kappa shape index (κ1) is 21.3. The number of nitrogens with one attached hydrogen (secondary N) is 3. The van der Waals surface area contributed by atoms with Gasteiger partial charge in [0.05, 0.1) is 6.04 Å². The van der Waals surface area contributed by atoms with Crippen molar-refractivity contribution in [1.82, 2.24) is 5.32 Å². The molecule has 1 heterocycles. The van der Waals surface area contributed by atoms with E-state index in [1.54, 1.807) is 12.1 Å². The summed E-state index contributed by atoms with van der Waals surface area (Å²) in [4.78, 5) is 25.2. The van der Waals surface area contributed by atoms with Crippen LogP contribution in [0.15, 0.2) is 48.5 Å². The molecule has 2 fully saturated rings. The summed E-state index contributed by atoms with van der Waals surface area (Å²) < 4.78 is 0. The van der Waals surface area contributed by atoms with E-state index in [1.807, 2.05) is 43.3 Å². The highest BCUT2D eigenvalue weighted by Crippen LogP contribution is 2.34. The zero-order chi connectivity index (χ0) is 19.5. The molecule has 1 aliphatic heterocycles. The van der Waals surface area contributed by atoms with Crippen LogP contribution in [0.2, 0.25) is 0 Å². The Balaban J connectivity index is 0.00000240. The summed E-state index contributed by atoms with van der Waals surface area (Å²) in [5, 5.41) is 9.53. The first-order chi connectivity index (χ1) is 13.6. The third-order valence-corrected chi connectivity index (χ3v) is 6.06. The molecule has 29 heavy (non-hydrogen) atoms. The average Bonchev–Trinajstić information content (AvgIpc) is 3.16. The lowest BCUT2D eigenvalue weighted by Gasteiger charge is -2.24. The van der Waals surface area contributed by atoms with Gasteiger partial charge in [0.15, 0.2) is 0 Å². The van der Waals surface area contributed by atoms with Gasteiger partial charge in [0.2, 0.25) is 5.91 Å². The van der Waals surface area contributed by atoms with Crippen molar-refractivity contribution < 1.29 is 9.59 Å². The third-order valence-electron chi connectivity index (χ3n) is 6.06. The van der Waals surface area contributed by atoms with E-state index in [0.29, 0.717) is 23.2 Å². The van der Waals surface area contributed by atoms with Gasteiger partial charge in [0.1, 0.15) is 0 Å². The highest BCUT2D eigenvalue weighted by molar-refractivity contribution is 6.05. The standard InChI is InChI=1S/C23H27N3O2.ClH/c1-15-18(25-22(27)16-8-3-2-4-9-16)12-7-13-19(15)26-23(28)21-14-17-10-5-6-11-20(17)24-21;/h2-4,7-9,12-13,17,20-21,24H,5-6,10-11,14H2,1H3,(H,25,27)(H,26,28);1H. The lowest BCUT2D eigenvalue weighted by Crippen LogP contribution is -2.40. The molecular weight excluding hydrogens is 386 g/mol. The molecule has 5 nitrogen and oxygen atoms in total. The normalized spacial score (nSPS) is 22.9. The first-order valence-corrected chi connectivity index (χ1v) is 10.1. The number of benzene rings is 2. The van der Waals surface area contributed by atoms with Crippen LogP contribution in [0.3, 0.4) is 0 Å². The molecule has 2 aromatic rings. The van der Waals surface area contributed by atoms with Gasteiger partial charge in [-0.1, -0.05) is 37.1 Å². The van der Waals surface area contributed by atoms with Gasteiger partial charge >= 0.3 is 0 Å². The monoisotopic (exact) mass is 413 g/mol. The van der Waals surface area contributed by atoms with Crippen molar-refractivity contribution in [2.24, 2.45) is 5.92 Å². The van der Waals surface area contributed by atoms with Crippen LogP contribution in [-0.4, -0.2) is 23.9 Å². The molecule has 2 aromatic carbocycles. The minimum absolute atomic E-state index is 0. The van der Waals surface area contributed by atoms with Crippen LogP contribution >= 0.6 is 12.4 Å².